The Kier molecular flexibility index (Phi) is 5.00. The number of benzene rings is 7. The van der Waals surface area contributed by atoms with Gasteiger partial charge in [-0.1, -0.05) is 109 Å². The smallest absolute Gasteiger partial charge is 0.0355 e. The monoisotopic (exact) mass is 538 g/mol. The van der Waals surface area contributed by atoms with Crippen molar-refractivity contribution in [2.24, 2.45) is 0 Å². The lowest BCUT2D eigenvalue weighted by molar-refractivity contribution is 0.997. The van der Waals surface area contributed by atoms with E-state index < -0.39 is 0 Å². The van der Waals surface area contributed by atoms with Gasteiger partial charge in [0.05, 0.1) is 0 Å². The van der Waals surface area contributed by atoms with E-state index in [1.807, 2.05) is 11.3 Å². The first kappa shape index (κ1) is 23.0. The van der Waals surface area contributed by atoms with Crippen LogP contribution in [0.25, 0.3) is 80.8 Å². The summed E-state index contributed by atoms with van der Waals surface area (Å²) in [6.07, 6.45) is 6.87. The topological polar surface area (TPSA) is 0 Å². The van der Waals surface area contributed by atoms with Crippen LogP contribution in [0.5, 0.6) is 0 Å². The molecule has 1 aliphatic carbocycles. The second-order valence-electron chi connectivity index (χ2n) is 11.1. The summed E-state index contributed by atoms with van der Waals surface area (Å²) < 4.78 is 2.69. The van der Waals surface area contributed by atoms with Crippen LogP contribution in [0, 0.1) is 0 Å². The summed E-state index contributed by atoms with van der Waals surface area (Å²) in [5.41, 5.74) is 8.09. The summed E-state index contributed by atoms with van der Waals surface area (Å²) in [5.74, 6) is 0. The van der Waals surface area contributed by atoms with Crippen LogP contribution >= 0.6 is 11.3 Å². The van der Waals surface area contributed by atoms with Gasteiger partial charge in [-0.3, -0.25) is 0 Å². The van der Waals surface area contributed by atoms with E-state index in [2.05, 4.69) is 133 Å². The number of hydrogen-bond donors (Lipinski definition) is 0. The minimum Gasteiger partial charge on any atom is -0.135 e. The van der Waals surface area contributed by atoms with Crippen LogP contribution in [0.2, 0.25) is 0 Å². The van der Waals surface area contributed by atoms with Gasteiger partial charge in [-0.15, -0.1) is 11.3 Å². The molecule has 0 N–H and O–H groups in total. The fourth-order valence-electron chi connectivity index (χ4n) is 7.14. The minimum atomic E-state index is 1.10. The number of fused-ring (bicyclic) bond motifs is 8. The number of hydrogen-bond acceptors (Lipinski definition) is 1. The van der Waals surface area contributed by atoms with Crippen LogP contribution in [0.3, 0.4) is 0 Å². The van der Waals surface area contributed by atoms with Crippen LogP contribution in [-0.2, 0) is 6.42 Å². The molecule has 0 amide bonds. The lowest BCUT2D eigenvalue weighted by atomic mass is 9.82. The molecule has 9 rings (SSSR count). The molecule has 1 aliphatic rings. The van der Waals surface area contributed by atoms with Crippen LogP contribution in [0.4, 0.5) is 0 Å². The summed E-state index contributed by atoms with van der Waals surface area (Å²) in [6.45, 7) is 0. The van der Waals surface area contributed by atoms with E-state index >= 15 is 0 Å². The predicted octanol–water partition coefficient (Wildman–Crippen LogP) is 11.8. The number of rotatable bonds is 2. The van der Waals surface area contributed by atoms with E-state index in [1.54, 1.807) is 0 Å². The summed E-state index contributed by atoms with van der Waals surface area (Å²) in [7, 11) is 0. The second-order valence-corrected chi connectivity index (χ2v) is 12.2. The van der Waals surface area contributed by atoms with E-state index in [-0.39, 0.29) is 0 Å². The number of allylic oxidation sites excluding steroid dienone is 1. The molecule has 1 heterocycles. The van der Waals surface area contributed by atoms with E-state index in [9.17, 15) is 0 Å². The van der Waals surface area contributed by atoms with Crippen molar-refractivity contribution in [3.8, 4) is 22.3 Å². The van der Waals surface area contributed by atoms with Crippen LogP contribution < -0.4 is 0 Å². The Balaban J connectivity index is 1.42. The first-order valence-electron chi connectivity index (χ1n) is 14.4. The highest BCUT2D eigenvalue weighted by atomic mass is 32.1. The molecular weight excluding hydrogens is 513 g/mol. The zero-order valence-corrected chi connectivity index (χ0v) is 23.3. The lowest BCUT2D eigenvalue weighted by Crippen LogP contribution is -1.98. The van der Waals surface area contributed by atoms with Crippen molar-refractivity contribution in [2.75, 3.05) is 0 Å². The molecule has 0 saturated heterocycles. The predicted molar refractivity (Wildman–Crippen MR) is 180 cm³/mol. The van der Waals surface area contributed by atoms with Gasteiger partial charge >= 0.3 is 0 Å². The van der Waals surface area contributed by atoms with E-state index in [0.717, 1.165) is 12.8 Å². The molecule has 0 unspecified atom stereocenters. The Morgan fingerprint density at radius 3 is 1.78 bits per heavy atom. The molecule has 0 radical (unpaired) electrons. The maximum Gasteiger partial charge on any atom is 0.0355 e. The third kappa shape index (κ3) is 3.40. The molecule has 41 heavy (non-hydrogen) atoms. The van der Waals surface area contributed by atoms with Crippen molar-refractivity contribution in [1.29, 1.82) is 0 Å². The van der Waals surface area contributed by atoms with Gasteiger partial charge in [0.2, 0.25) is 0 Å². The van der Waals surface area contributed by atoms with E-state index in [4.69, 9.17) is 0 Å². The average molecular weight is 539 g/mol. The Morgan fingerprint density at radius 1 is 0.463 bits per heavy atom. The highest BCUT2D eigenvalue weighted by Crippen LogP contribution is 2.47. The summed E-state index contributed by atoms with van der Waals surface area (Å²) in [4.78, 5) is 0. The molecule has 0 nitrogen and oxygen atoms in total. The van der Waals surface area contributed by atoms with Crippen molar-refractivity contribution in [2.45, 2.75) is 12.8 Å². The third-order valence-electron chi connectivity index (χ3n) is 8.92. The largest absolute Gasteiger partial charge is 0.135 e. The quantitative estimate of drug-likeness (QED) is 0.192. The molecule has 192 valence electrons. The zero-order chi connectivity index (χ0) is 26.9. The van der Waals surface area contributed by atoms with Crippen LogP contribution in [0.1, 0.15) is 17.5 Å². The van der Waals surface area contributed by atoms with Crippen molar-refractivity contribution in [3.63, 3.8) is 0 Å². The Morgan fingerprint density at radius 2 is 1.05 bits per heavy atom. The van der Waals surface area contributed by atoms with E-state index in [0.29, 0.717) is 0 Å². The molecule has 7 aromatic carbocycles. The third-order valence-corrected chi connectivity index (χ3v) is 10.1. The Labute approximate surface area is 242 Å². The van der Waals surface area contributed by atoms with Gasteiger partial charge in [0.1, 0.15) is 0 Å². The standard InChI is InChI=1S/C40H26S/c1-2-12-27-25(11-1)23-36(29-14-4-3-13-28(27)29)40-33-18-7-5-16-31(33)39(32-17-6-8-19-34(32)40)26-21-22-38-35(24-26)30-15-9-10-20-37(30)41-38/h1,3-11,13-24H,2,12H2. The number of aryl methyl sites for hydroxylation is 1. The maximum absolute atomic E-state index is 2.45. The van der Waals surface area contributed by atoms with Gasteiger partial charge in [0, 0.05) is 20.2 Å². The minimum absolute atomic E-state index is 1.10. The van der Waals surface area contributed by atoms with Crippen molar-refractivity contribution < 1.29 is 0 Å². The van der Waals surface area contributed by atoms with Gasteiger partial charge < -0.3 is 0 Å². The van der Waals surface area contributed by atoms with Gasteiger partial charge in [-0.05, 0) is 103 Å². The molecule has 0 aliphatic heterocycles. The SMILES string of the molecule is C1=Cc2cc(-c3c4ccccc4c(-c4ccc5sc6ccccc6c5c4)c4ccccc34)c3ccccc3c2CC1. The highest BCUT2D eigenvalue weighted by Gasteiger charge is 2.20. The van der Waals surface area contributed by atoms with Crippen molar-refractivity contribution in [1.82, 2.24) is 0 Å². The first-order valence-corrected chi connectivity index (χ1v) is 15.2. The molecule has 8 aromatic rings. The van der Waals surface area contributed by atoms with Crippen LogP contribution in [0.15, 0.2) is 127 Å². The average Bonchev–Trinajstić information content (AvgIpc) is 3.41. The van der Waals surface area contributed by atoms with Gasteiger partial charge in [0.15, 0.2) is 0 Å². The van der Waals surface area contributed by atoms with Crippen molar-refractivity contribution >= 4 is 69.9 Å². The second kappa shape index (κ2) is 8.89. The first-order chi connectivity index (χ1) is 20.3. The summed E-state index contributed by atoms with van der Waals surface area (Å²) in [6, 6.07) is 45.3. The van der Waals surface area contributed by atoms with Crippen LogP contribution in [-0.4, -0.2) is 0 Å². The highest BCUT2D eigenvalue weighted by molar-refractivity contribution is 7.25. The molecule has 0 bridgehead atoms. The van der Waals surface area contributed by atoms with Crippen molar-refractivity contribution in [3.05, 3.63) is 139 Å². The molecule has 0 spiro atoms. The summed E-state index contributed by atoms with van der Waals surface area (Å²) >= 11 is 1.88. The maximum atomic E-state index is 2.45. The van der Waals surface area contributed by atoms with Gasteiger partial charge in [0.25, 0.3) is 0 Å². The Bertz CT molecular complexity index is 2310. The Hall–Kier alpha value is -4.72. The van der Waals surface area contributed by atoms with Gasteiger partial charge in [-0.2, -0.15) is 0 Å². The fraction of sp³-hybridized carbons (Fsp3) is 0.0500. The lowest BCUT2D eigenvalue weighted by Gasteiger charge is -2.21. The zero-order valence-electron chi connectivity index (χ0n) is 22.5. The molecular formula is C40H26S. The normalized spacial score (nSPS) is 13.1. The molecule has 0 saturated carbocycles. The molecule has 1 heteroatoms. The van der Waals surface area contributed by atoms with E-state index in [1.165, 1.54) is 85.9 Å². The fourth-order valence-corrected chi connectivity index (χ4v) is 8.23. The van der Waals surface area contributed by atoms with Gasteiger partial charge in [-0.25, -0.2) is 0 Å². The number of thiophene rings is 1. The molecule has 0 fully saturated rings. The summed E-state index contributed by atoms with van der Waals surface area (Å²) in [5, 5.41) is 10.6. The molecule has 1 aromatic heterocycles. The molecule has 0 atom stereocenters.